The molecule has 2 aromatic heterocycles. The summed E-state index contributed by atoms with van der Waals surface area (Å²) in [5, 5.41) is 2.27. The number of amides is 1. The number of esters is 1. The third-order valence-corrected chi connectivity index (χ3v) is 5.13. The first-order valence-corrected chi connectivity index (χ1v) is 10.2. The van der Waals surface area contributed by atoms with Gasteiger partial charge in [-0.3, -0.25) is 4.40 Å². The molecule has 1 aliphatic heterocycles. The van der Waals surface area contributed by atoms with E-state index in [9.17, 15) is 27.2 Å². The molecule has 9 nitrogen and oxygen atoms in total. The van der Waals surface area contributed by atoms with E-state index in [-0.39, 0.29) is 24.6 Å². The number of hydrogen-bond acceptors (Lipinski definition) is 8. The number of anilines is 1. The first-order valence-electron chi connectivity index (χ1n) is 9.38. The zero-order valence-electron chi connectivity index (χ0n) is 17.6. The number of nitrogens with zero attached hydrogens (tertiary/aromatic N) is 4. The molecule has 1 amide bonds. The number of alkyl halides is 4. The van der Waals surface area contributed by atoms with Gasteiger partial charge in [0.15, 0.2) is 17.2 Å². The number of rotatable bonds is 4. The van der Waals surface area contributed by atoms with E-state index in [4.69, 9.17) is 4.74 Å². The third kappa shape index (κ3) is 5.34. The average Bonchev–Trinajstić information content (AvgIpc) is 3.20. The van der Waals surface area contributed by atoms with Gasteiger partial charge in [-0.1, -0.05) is 0 Å². The van der Waals surface area contributed by atoms with Crippen LogP contribution in [-0.2, 0) is 9.47 Å². The fraction of sp³-hybridized carbons (Fsp3) is 0.556. The molecule has 3 heterocycles. The number of nitrogens with one attached hydrogen (secondary N) is 1. The van der Waals surface area contributed by atoms with Gasteiger partial charge in [-0.2, -0.15) is 13.2 Å². The Kier molecular flexibility index (Phi) is 6.45. The number of halogens is 4. The molecule has 0 spiro atoms. The summed E-state index contributed by atoms with van der Waals surface area (Å²) >= 11 is -0.531. The maximum absolute atomic E-state index is 14.6. The fourth-order valence-corrected chi connectivity index (χ4v) is 3.74. The molecule has 0 unspecified atom stereocenters. The zero-order chi connectivity index (χ0) is 23.8. The number of likely N-dealkylation sites (tertiary alicyclic amines) is 1. The molecule has 14 heteroatoms. The van der Waals surface area contributed by atoms with Crippen molar-refractivity contribution < 1.29 is 36.6 Å². The molecule has 3 rings (SSSR count). The maximum atomic E-state index is 14.6. The highest BCUT2D eigenvalue weighted by Crippen LogP contribution is 2.39. The molecular weight excluding hydrogens is 458 g/mol. The molecule has 1 fully saturated rings. The van der Waals surface area contributed by atoms with E-state index in [1.165, 1.54) is 17.3 Å². The Morgan fingerprint density at radius 1 is 1.25 bits per heavy atom. The number of fused-ring (bicyclic) bond motifs is 1. The van der Waals surface area contributed by atoms with Crippen molar-refractivity contribution in [2.75, 3.05) is 25.5 Å². The van der Waals surface area contributed by atoms with Crippen LogP contribution in [0.25, 0.3) is 5.65 Å². The second kappa shape index (κ2) is 8.64. The third-order valence-electron chi connectivity index (χ3n) is 4.31. The normalized spacial score (nSPS) is 19.3. The van der Waals surface area contributed by atoms with E-state index in [1.807, 2.05) is 0 Å². The van der Waals surface area contributed by atoms with Crippen LogP contribution in [0.5, 0.6) is 0 Å². The molecular formula is C18H21F4N5O4S. The minimum Gasteiger partial charge on any atom is -0.464 e. The molecule has 0 bridgehead atoms. The van der Waals surface area contributed by atoms with Gasteiger partial charge in [-0.15, -0.1) is 0 Å². The summed E-state index contributed by atoms with van der Waals surface area (Å²) in [7, 11) is 1.02. The SMILES string of the molecule is COC(=O)c1nc2c(N[C@@H]3CN(C(=O)OC(C)(C)C)C[C@@H]3F)nccn2c1SC(F)(F)F. The van der Waals surface area contributed by atoms with Crippen LogP contribution in [0, 0.1) is 0 Å². The Hall–Kier alpha value is -2.77. The van der Waals surface area contributed by atoms with Crippen LogP contribution in [0.2, 0.25) is 0 Å². The molecule has 32 heavy (non-hydrogen) atoms. The first-order chi connectivity index (χ1) is 14.8. The van der Waals surface area contributed by atoms with Crippen LogP contribution < -0.4 is 5.32 Å². The minimum absolute atomic E-state index is 0.0506. The highest BCUT2D eigenvalue weighted by Gasteiger charge is 2.39. The molecule has 176 valence electrons. The van der Waals surface area contributed by atoms with Gasteiger partial charge in [-0.25, -0.2) is 23.9 Å². The second-order valence-corrected chi connectivity index (χ2v) is 8.98. The molecule has 0 radical (unpaired) electrons. The lowest BCUT2D eigenvalue weighted by Crippen LogP contribution is -2.36. The number of thioether (sulfide) groups is 1. The fourth-order valence-electron chi connectivity index (χ4n) is 3.05. The lowest BCUT2D eigenvalue weighted by molar-refractivity contribution is -0.0330. The number of carbonyl (C=O) groups is 2. The van der Waals surface area contributed by atoms with Crippen LogP contribution in [-0.4, -0.2) is 74.9 Å². The van der Waals surface area contributed by atoms with Gasteiger partial charge in [-0.05, 0) is 20.8 Å². The first kappa shape index (κ1) is 23.9. The van der Waals surface area contributed by atoms with Crippen molar-refractivity contribution in [2.45, 2.75) is 49.1 Å². The highest BCUT2D eigenvalue weighted by molar-refractivity contribution is 8.00. The number of aromatic nitrogens is 3. The van der Waals surface area contributed by atoms with Gasteiger partial charge in [0.25, 0.3) is 0 Å². The van der Waals surface area contributed by atoms with E-state index in [0.29, 0.717) is 0 Å². The van der Waals surface area contributed by atoms with Gasteiger partial charge < -0.3 is 19.7 Å². The summed E-state index contributed by atoms with van der Waals surface area (Å²) in [6.07, 6.45) is 0.200. The number of imidazole rings is 1. The summed E-state index contributed by atoms with van der Waals surface area (Å²) in [5.74, 6) is -1.11. The Morgan fingerprint density at radius 2 is 1.94 bits per heavy atom. The summed E-state index contributed by atoms with van der Waals surface area (Å²) < 4.78 is 64.6. The number of methoxy groups -OCH3 is 1. The smallest absolute Gasteiger partial charge is 0.447 e. The van der Waals surface area contributed by atoms with Crippen molar-refractivity contribution in [3.8, 4) is 0 Å². The number of ether oxygens (including phenoxy) is 2. The van der Waals surface area contributed by atoms with Crippen LogP contribution >= 0.6 is 11.8 Å². The van der Waals surface area contributed by atoms with Crippen molar-refractivity contribution in [2.24, 2.45) is 0 Å². The summed E-state index contributed by atoms with van der Waals surface area (Å²) in [6, 6.07) is -0.918. The van der Waals surface area contributed by atoms with Crippen LogP contribution in [0.15, 0.2) is 17.4 Å². The molecule has 0 saturated carbocycles. The maximum Gasteiger partial charge on any atom is 0.447 e. The topological polar surface area (TPSA) is 98.1 Å². The Bertz CT molecular complexity index is 1020. The Labute approximate surface area is 184 Å². The Morgan fingerprint density at radius 3 is 2.53 bits per heavy atom. The van der Waals surface area contributed by atoms with Crippen molar-refractivity contribution in [1.29, 1.82) is 0 Å². The molecule has 0 aliphatic carbocycles. The molecule has 1 N–H and O–H groups in total. The van der Waals surface area contributed by atoms with Crippen LogP contribution in [0.1, 0.15) is 31.3 Å². The molecule has 2 aromatic rings. The van der Waals surface area contributed by atoms with Crippen LogP contribution in [0.3, 0.4) is 0 Å². The lowest BCUT2D eigenvalue weighted by Gasteiger charge is -2.24. The quantitative estimate of drug-likeness (QED) is 0.404. The summed E-state index contributed by atoms with van der Waals surface area (Å²) in [5.41, 5.74) is -6.13. The van der Waals surface area contributed by atoms with Gasteiger partial charge in [0.2, 0.25) is 0 Å². The minimum atomic E-state index is -4.70. The van der Waals surface area contributed by atoms with Gasteiger partial charge >= 0.3 is 17.6 Å². The van der Waals surface area contributed by atoms with Crippen molar-refractivity contribution in [3.05, 3.63) is 18.1 Å². The standard InChI is InChI=1S/C18H21F4N5O4S/c1-17(2,3)31-16(29)26-7-9(19)10(8-26)24-12-13-25-11(15(28)30-4)14(32-18(20,21)22)27(13)6-5-23-12/h5-6,9-10H,7-8H2,1-4H3,(H,23,24)/t9-,10+/m0/s1. The molecule has 0 aromatic carbocycles. The predicted octanol–water partition coefficient (Wildman–Crippen LogP) is 3.50. The van der Waals surface area contributed by atoms with Crippen molar-refractivity contribution in [1.82, 2.24) is 19.3 Å². The lowest BCUT2D eigenvalue weighted by atomic mass is 10.2. The van der Waals surface area contributed by atoms with E-state index in [0.717, 1.165) is 11.5 Å². The second-order valence-electron chi connectivity index (χ2n) is 7.93. The van der Waals surface area contributed by atoms with Gasteiger partial charge in [0.1, 0.15) is 16.8 Å². The monoisotopic (exact) mass is 479 g/mol. The molecule has 1 aliphatic rings. The van der Waals surface area contributed by atoms with E-state index < -0.39 is 57.9 Å². The summed E-state index contributed by atoms with van der Waals surface area (Å²) in [6.45, 7) is 4.76. The number of carbonyl (C=O) groups excluding carboxylic acids is 2. The van der Waals surface area contributed by atoms with Gasteiger partial charge in [0.05, 0.1) is 19.7 Å². The predicted molar refractivity (Wildman–Crippen MR) is 106 cm³/mol. The van der Waals surface area contributed by atoms with E-state index in [1.54, 1.807) is 20.8 Å². The van der Waals surface area contributed by atoms with Crippen LogP contribution in [0.4, 0.5) is 28.2 Å². The zero-order valence-corrected chi connectivity index (χ0v) is 18.4. The van der Waals surface area contributed by atoms with Crippen molar-refractivity contribution >= 4 is 35.3 Å². The summed E-state index contributed by atoms with van der Waals surface area (Å²) in [4.78, 5) is 33.4. The highest BCUT2D eigenvalue weighted by atomic mass is 32.2. The van der Waals surface area contributed by atoms with E-state index in [2.05, 4.69) is 20.0 Å². The average molecular weight is 479 g/mol. The van der Waals surface area contributed by atoms with Gasteiger partial charge in [0, 0.05) is 30.7 Å². The molecule has 2 atom stereocenters. The largest absolute Gasteiger partial charge is 0.464 e. The molecule has 1 saturated heterocycles. The van der Waals surface area contributed by atoms with Crippen molar-refractivity contribution in [3.63, 3.8) is 0 Å². The van der Waals surface area contributed by atoms with E-state index >= 15 is 0 Å². The Balaban J connectivity index is 1.90. The number of hydrogen-bond donors (Lipinski definition) is 1.